The van der Waals surface area contributed by atoms with Gasteiger partial charge >= 0.3 is 12.1 Å². The van der Waals surface area contributed by atoms with Gasteiger partial charge in [0.15, 0.2) is 0 Å². The van der Waals surface area contributed by atoms with Crippen LogP contribution in [0.15, 0.2) is 48.8 Å². The number of nitrogens with one attached hydrogen (secondary N) is 2. The molecule has 1 aliphatic heterocycles. The van der Waals surface area contributed by atoms with Crippen LogP contribution in [-0.2, 0) is 10.7 Å². The lowest BCUT2D eigenvalue weighted by Crippen LogP contribution is -2.33. The molecule has 7 nitrogen and oxygen atoms in total. The molecule has 0 spiro atoms. The van der Waals surface area contributed by atoms with Crippen LogP contribution in [0.2, 0.25) is 0 Å². The maximum Gasteiger partial charge on any atom is 0.458 e. The Morgan fingerprint density at radius 1 is 1.12 bits per heavy atom. The van der Waals surface area contributed by atoms with Gasteiger partial charge in [0.25, 0.3) is 5.91 Å². The fraction of sp³-hybridized carbons (Fsp3) is 0.250. The van der Waals surface area contributed by atoms with Gasteiger partial charge in [0, 0.05) is 35.8 Å². The van der Waals surface area contributed by atoms with Crippen molar-refractivity contribution in [2.45, 2.75) is 12.1 Å². The van der Waals surface area contributed by atoms with Gasteiger partial charge in [-0.15, -0.1) is 0 Å². The number of hydrogen-bond acceptors (Lipinski definition) is 5. The van der Waals surface area contributed by atoms with Crippen LogP contribution in [0.4, 0.5) is 33.5 Å². The van der Waals surface area contributed by atoms with Gasteiger partial charge in [-0.1, -0.05) is 12.1 Å². The van der Waals surface area contributed by atoms with Gasteiger partial charge in [0.1, 0.15) is 12.5 Å². The molecule has 3 aromatic rings. The van der Waals surface area contributed by atoms with Gasteiger partial charge in [-0.3, -0.25) is 9.89 Å². The number of hydrogen-bond donors (Lipinski definition) is 2. The van der Waals surface area contributed by atoms with Crippen molar-refractivity contribution >= 4 is 17.4 Å². The van der Waals surface area contributed by atoms with E-state index < -0.39 is 23.6 Å². The lowest BCUT2D eigenvalue weighted by molar-refractivity contribution is -0.289. The predicted molar refractivity (Wildman–Crippen MR) is 104 cm³/mol. The standard InChI is InChI=1S/C20H16F5N5O2/c21-19(22,20(23,24)25)13-1-3-14(4-2-13)28-18(31)12-9-15(16-5-6-27-29-16)17(26-10-12)30-7-8-32-11-30/h1-6,9-10H,7-8,11H2,(H,27,29)(H,28,31). The Labute approximate surface area is 178 Å². The lowest BCUT2D eigenvalue weighted by Gasteiger charge is -2.20. The number of halogens is 5. The van der Waals surface area contributed by atoms with Crippen molar-refractivity contribution in [1.82, 2.24) is 15.2 Å². The topological polar surface area (TPSA) is 83.1 Å². The number of amides is 1. The Kier molecular flexibility index (Phi) is 5.55. The fourth-order valence-corrected chi connectivity index (χ4v) is 3.15. The van der Waals surface area contributed by atoms with Crippen LogP contribution in [-0.4, -0.2) is 47.1 Å². The molecule has 0 saturated carbocycles. The Hall–Kier alpha value is -3.54. The van der Waals surface area contributed by atoms with E-state index in [1.54, 1.807) is 18.3 Å². The summed E-state index contributed by atoms with van der Waals surface area (Å²) in [7, 11) is 0. The summed E-state index contributed by atoms with van der Waals surface area (Å²) >= 11 is 0. The number of carbonyl (C=O) groups is 1. The van der Waals surface area contributed by atoms with Gasteiger partial charge < -0.3 is 15.0 Å². The minimum atomic E-state index is -5.71. The van der Waals surface area contributed by atoms with Crippen LogP contribution in [0.1, 0.15) is 15.9 Å². The van der Waals surface area contributed by atoms with Crippen molar-refractivity contribution in [3.63, 3.8) is 0 Å². The summed E-state index contributed by atoms with van der Waals surface area (Å²) in [5.74, 6) is -5.02. The number of anilines is 2. The van der Waals surface area contributed by atoms with E-state index in [4.69, 9.17) is 4.74 Å². The SMILES string of the molecule is O=C(Nc1ccc(C(F)(F)C(F)(F)F)cc1)c1cnc(N2CCOC2)c(-c2ccn[nH]2)c1. The average molecular weight is 453 g/mol. The number of H-pyrrole nitrogens is 1. The third kappa shape index (κ3) is 4.13. The second-order valence-corrected chi connectivity index (χ2v) is 6.97. The first-order chi connectivity index (χ1) is 15.2. The van der Waals surface area contributed by atoms with Crippen molar-refractivity contribution in [2.24, 2.45) is 0 Å². The Morgan fingerprint density at radius 3 is 2.47 bits per heavy atom. The Balaban J connectivity index is 1.57. The summed E-state index contributed by atoms with van der Waals surface area (Å²) in [6.07, 6.45) is -2.83. The molecule has 1 fully saturated rings. The summed E-state index contributed by atoms with van der Waals surface area (Å²) < 4.78 is 69.7. The van der Waals surface area contributed by atoms with Crippen LogP contribution in [0.25, 0.3) is 11.3 Å². The zero-order valence-corrected chi connectivity index (χ0v) is 16.3. The number of aromatic nitrogens is 3. The molecule has 0 unspecified atom stereocenters. The quantitative estimate of drug-likeness (QED) is 0.567. The molecule has 168 valence electrons. The number of aromatic amines is 1. The molecule has 0 bridgehead atoms. The van der Waals surface area contributed by atoms with Gasteiger partial charge in [-0.05, 0) is 24.3 Å². The molecule has 32 heavy (non-hydrogen) atoms. The number of pyridine rings is 1. The van der Waals surface area contributed by atoms with Gasteiger partial charge in [0.05, 0.1) is 17.9 Å². The van der Waals surface area contributed by atoms with E-state index in [0.29, 0.717) is 49.1 Å². The highest BCUT2D eigenvalue weighted by Gasteiger charge is 2.58. The van der Waals surface area contributed by atoms with Crippen molar-refractivity contribution < 1.29 is 31.5 Å². The first kappa shape index (κ1) is 21.7. The molecule has 1 amide bonds. The summed E-state index contributed by atoms with van der Waals surface area (Å²) in [6.45, 7) is 1.50. The van der Waals surface area contributed by atoms with Gasteiger partial charge in [-0.25, -0.2) is 4.98 Å². The Bertz CT molecular complexity index is 1090. The molecule has 2 aromatic heterocycles. The number of alkyl halides is 5. The van der Waals surface area contributed by atoms with Gasteiger partial charge in [0.2, 0.25) is 0 Å². The lowest BCUT2D eigenvalue weighted by atomic mass is 10.1. The molecule has 0 radical (unpaired) electrons. The number of benzene rings is 1. The normalized spacial score (nSPS) is 14.6. The first-order valence-corrected chi connectivity index (χ1v) is 9.36. The van der Waals surface area contributed by atoms with Crippen molar-refractivity contribution in [3.05, 3.63) is 59.9 Å². The first-order valence-electron chi connectivity index (χ1n) is 9.36. The number of nitrogens with zero attached hydrogens (tertiary/aromatic N) is 3. The minimum absolute atomic E-state index is 0.0526. The fourth-order valence-electron chi connectivity index (χ4n) is 3.15. The smallest absolute Gasteiger partial charge is 0.359 e. The van der Waals surface area contributed by atoms with Crippen molar-refractivity contribution in [3.8, 4) is 11.3 Å². The van der Waals surface area contributed by atoms with Crippen LogP contribution in [0.3, 0.4) is 0 Å². The third-order valence-corrected chi connectivity index (χ3v) is 4.83. The zero-order valence-electron chi connectivity index (χ0n) is 16.3. The number of carbonyl (C=O) groups excluding carboxylic acids is 1. The highest BCUT2D eigenvalue weighted by atomic mass is 19.4. The van der Waals surface area contributed by atoms with E-state index in [2.05, 4.69) is 20.5 Å². The van der Waals surface area contributed by atoms with Crippen LogP contribution >= 0.6 is 0 Å². The highest BCUT2D eigenvalue weighted by Crippen LogP contribution is 2.44. The Morgan fingerprint density at radius 2 is 1.88 bits per heavy atom. The molecule has 12 heteroatoms. The maximum atomic E-state index is 13.4. The van der Waals surface area contributed by atoms with E-state index in [1.165, 1.54) is 6.20 Å². The highest BCUT2D eigenvalue weighted by molar-refractivity contribution is 6.05. The molecule has 4 rings (SSSR count). The molecular weight excluding hydrogens is 437 g/mol. The van der Waals surface area contributed by atoms with E-state index in [0.717, 1.165) is 12.1 Å². The zero-order chi connectivity index (χ0) is 22.9. The van der Waals surface area contributed by atoms with E-state index in [-0.39, 0.29) is 11.3 Å². The van der Waals surface area contributed by atoms with Crippen LogP contribution < -0.4 is 10.2 Å². The minimum Gasteiger partial charge on any atom is -0.359 e. The number of ether oxygens (including phenoxy) is 1. The average Bonchev–Trinajstić information content (AvgIpc) is 3.47. The summed E-state index contributed by atoms with van der Waals surface area (Å²) in [5.41, 5.74) is 0.206. The molecule has 2 N–H and O–H groups in total. The molecule has 1 saturated heterocycles. The molecular formula is C20H16F5N5O2. The monoisotopic (exact) mass is 453 g/mol. The van der Waals surface area contributed by atoms with E-state index in [9.17, 15) is 26.7 Å². The molecule has 0 aliphatic carbocycles. The summed E-state index contributed by atoms with van der Waals surface area (Å²) in [4.78, 5) is 18.9. The summed E-state index contributed by atoms with van der Waals surface area (Å²) in [5, 5.41) is 9.19. The second kappa shape index (κ2) is 8.19. The van der Waals surface area contributed by atoms with E-state index >= 15 is 0 Å². The predicted octanol–water partition coefficient (Wildman–Crippen LogP) is 4.17. The second-order valence-electron chi connectivity index (χ2n) is 6.97. The van der Waals surface area contributed by atoms with Crippen molar-refractivity contribution in [2.75, 3.05) is 30.1 Å². The molecule has 1 aliphatic rings. The summed E-state index contributed by atoms with van der Waals surface area (Å²) in [6, 6.07) is 6.48. The largest absolute Gasteiger partial charge is 0.458 e. The van der Waals surface area contributed by atoms with Crippen molar-refractivity contribution in [1.29, 1.82) is 0 Å². The molecule has 3 heterocycles. The number of rotatable bonds is 5. The van der Waals surface area contributed by atoms with Crippen LogP contribution in [0, 0.1) is 0 Å². The maximum absolute atomic E-state index is 13.4. The van der Waals surface area contributed by atoms with E-state index in [1.807, 2.05) is 4.90 Å². The van der Waals surface area contributed by atoms with Gasteiger partial charge in [-0.2, -0.15) is 27.1 Å². The third-order valence-electron chi connectivity index (χ3n) is 4.83. The molecule has 1 aromatic carbocycles. The van der Waals surface area contributed by atoms with Crippen LogP contribution in [0.5, 0.6) is 0 Å². The molecule has 0 atom stereocenters.